The average Bonchev–Trinajstić information content (AvgIpc) is 2.38. The van der Waals surface area contributed by atoms with Gasteiger partial charge in [-0.05, 0) is 12.5 Å². The van der Waals surface area contributed by atoms with Crippen molar-refractivity contribution in [1.82, 2.24) is 0 Å². The van der Waals surface area contributed by atoms with Gasteiger partial charge in [0.25, 0.3) is 0 Å². The number of aliphatic hydroxyl groups is 2. The number of aliphatic hydroxyl groups excluding tert-OH is 2. The SMILES string of the molecule is CC.CC(OCc1ccccc1)C(O)CO. The maximum absolute atomic E-state index is 9.23. The lowest BCUT2D eigenvalue weighted by Crippen LogP contribution is -2.29. The van der Waals surface area contributed by atoms with Gasteiger partial charge in [-0.15, -0.1) is 0 Å². The number of rotatable bonds is 5. The van der Waals surface area contributed by atoms with Crippen LogP contribution in [0, 0.1) is 0 Å². The van der Waals surface area contributed by atoms with Crippen molar-refractivity contribution < 1.29 is 14.9 Å². The molecule has 0 fully saturated rings. The predicted octanol–water partition coefficient (Wildman–Crippen LogP) is 1.97. The Morgan fingerprint density at radius 3 is 2.25 bits per heavy atom. The van der Waals surface area contributed by atoms with Gasteiger partial charge in [0.05, 0.1) is 19.3 Å². The van der Waals surface area contributed by atoms with E-state index in [-0.39, 0.29) is 12.7 Å². The van der Waals surface area contributed by atoms with Crippen LogP contribution in [0.4, 0.5) is 0 Å². The van der Waals surface area contributed by atoms with Gasteiger partial charge in [0.15, 0.2) is 0 Å². The Morgan fingerprint density at radius 2 is 1.75 bits per heavy atom. The number of ether oxygens (including phenoxy) is 1. The fourth-order valence-electron chi connectivity index (χ4n) is 1.06. The number of benzene rings is 1. The summed E-state index contributed by atoms with van der Waals surface area (Å²) >= 11 is 0. The summed E-state index contributed by atoms with van der Waals surface area (Å²) in [5, 5.41) is 17.9. The van der Waals surface area contributed by atoms with E-state index in [9.17, 15) is 5.11 Å². The molecule has 2 N–H and O–H groups in total. The van der Waals surface area contributed by atoms with Crippen LogP contribution in [0.15, 0.2) is 30.3 Å². The first-order chi connectivity index (χ1) is 7.74. The largest absolute Gasteiger partial charge is 0.394 e. The summed E-state index contributed by atoms with van der Waals surface area (Å²) in [6.07, 6.45) is -1.15. The van der Waals surface area contributed by atoms with Gasteiger partial charge in [-0.2, -0.15) is 0 Å². The Balaban J connectivity index is 0.00000106. The Labute approximate surface area is 97.7 Å². The summed E-state index contributed by atoms with van der Waals surface area (Å²) in [7, 11) is 0. The molecule has 0 amide bonds. The van der Waals surface area contributed by atoms with Crippen molar-refractivity contribution in [1.29, 1.82) is 0 Å². The van der Waals surface area contributed by atoms with Crippen molar-refractivity contribution >= 4 is 0 Å². The third-order valence-electron chi connectivity index (χ3n) is 2.08. The fraction of sp³-hybridized carbons (Fsp3) is 0.538. The van der Waals surface area contributed by atoms with Gasteiger partial charge in [0.1, 0.15) is 6.10 Å². The molecule has 1 rings (SSSR count). The van der Waals surface area contributed by atoms with E-state index < -0.39 is 6.10 Å². The van der Waals surface area contributed by atoms with E-state index >= 15 is 0 Å². The van der Waals surface area contributed by atoms with Crippen LogP contribution < -0.4 is 0 Å². The lowest BCUT2D eigenvalue weighted by Gasteiger charge is -2.17. The standard InChI is InChI=1S/C11H16O3.C2H6/c1-9(11(13)7-12)14-8-10-5-3-2-4-6-10;1-2/h2-6,9,11-13H,7-8H2,1H3;1-2H3. The highest BCUT2D eigenvalue weighted by molar-refractivity contribution is 5.13. The molecule has 0 aliphatic heterocycles. The van der Waals surface area contributed by atoms with Crippen LogP contribution in [-0.2, 0) is 11.3 Å². The highest BCUT2D eigenvalue weighted by Gasteiger charge is 2.12. The highest BCUT2D eigenvalue weighted by atomic mass is 16.5. The second kappa shape index (κ2) is 9.33. The van der Waals surface area contributed by atoms with Gasteiger partial charge in [-0.3, -0.25) is 0 Å². The first-order valence-electron chi connectivity index (χ1n) is 5.68. The summed E-state index contributed by atoms with van der Waals surface area (Å²) in [4.78, 5) is 0. The molecule has 0 radical (unpaired) electrons. The van der Waals surface area contributed by atoms with Crippen molar-refractivity contribution in [2.24, 2.45) is 0 Å². The molecule has 0 aliphatic carbocycles. The number of hydrogen-bond donors (Lipinski definition) is 2. The summed E-state index contributed by atoms with van der Waals surface area (Å²) in [6, 6.07) is 9.73. The van der Waals surface area contributed by atoms with Crippen molar-refractivity contribution in [2.75, 3.05) is 6.61 Å². The summed E-state index contributed by atoms with van der Waals surface area (Å²) in [5.74, 6) is 0. The molecule has 2 atom stereocenters. The van der Waals surface area contributed by atoms with Crippen LogP contribution in [-0.4, -0.2) is 29.0 Å². The van der Waals surface area contributed by atoms with E-state index in [4.69, 9.17) is 9.84 Å². The van der Waals surface area contributed by atoms with E-state index in [1.165, 1.54) is 0 Å². The normalized spacial score (nSPS) is 13.6. The molecule has 0 aromatic heterocycles. The fourth-order valence-corrected chi connectivity index (χ4v) is 1.06. The van der Waals surface area contributed by atoms with E-state index in [0.29, 0.717) is 6.61 Å². The summed E-state index contributed by atoms with van der Waals surface area (Å²) < 4.78 is 5.37. The molecule has 0 saturated carbocycles. The smallest absolute Gasteiger partial charge is 0.103 e. The van der Waals surface area contributed by atoms with Crippen LogP contribution in [0.1, 0.15) is 26.3 Å². The average molecular weight is 226 g/mol. The highest BCUT2D eigenvalue weighted by Crippen LogP contribution is 2.05. The van der Waals surface area contributed by atoms with Crippen LogP contribution in [0.2, 0.25) is 0 Å². The zero-order chi connectivity index (χ0) is 12.4. The van der Waals surface area contributed by atoms with E-state index in [1.807, 2.05) is 44.2 Å². The quantitative estimate of drug-likeness (QED) is 0.807. The van der Waals surface area contributed by atoms with Crippen LogP contribution >= 0.6 is 0 Å². The molecular formula is C13H22O3. The third-order valence-corrected chi connectivity index (χ3v) is 2.08. The van der Waals surface area contributed by atoms with Crippen molar-refractivity contribution in [2.45, 2.75) is 39.6 Å². The van der Waals surface area contributed by atoms with Crippen LogP contribution in [0.3, 0.4) is 0 Å². The van der Waals surface area contributed by atoms with Crippen molar-refractivity contribution in [3.05, 3.63) is 35.9 Å². The maximum Gasteiger partial charge on any atom is 0.103 e. The molecule has 0 aliphatic rings. The minimum absolute atomic E-state index is 0.268. The predicted molar refractivity (Wildman–Crippen MR) is 65.1 cm³/mol. The maximum atomic E-state index is 9.23. The molecule has 3 nitrogen and oxygen atoms in total. The Hall–Kier alpha value is -0.900. The Bertz CT molecular complexity index is 249. The summed E-state index contributed by atoms with van der Waals surface area (Å²) in [6.45, 7) is 5.93. The minimum Gasteiger partial charge on any atom is -0.394 e. The van der Waals surface area contributed by atoms with Gasteiger partial charge < -0.3 is 14.9 Å². The Morgan fingerprint density at radius 1 is 1.19 bits per heavy atom. The zero-order valence-electron chi connectivity index (χ0n) is 10.3. The molecule has 92 valence electrons. The second-order valence-electron chi connectivity index (χ2n) is 3.25. The first kappa shape index (κ1) is 15.1. The van der Waals surface area contributed by atoms with Gasteiger partial charge >= 0.3 is 0 Å². The van der Waals surface area contributed by atoms with Gasteiger partial charge in [-0.25, -0.2) is 0 Å². The molecule has 0 heterocycles. The van der Waals surface area contributed by atoms with E-state index in [0.717, 1.165) is 5.56 Å². The van der Waals surface area contributed by atoms with Gasteiger partial charge in [-0.1, -0.05) is 44.2 Å². The molecule has 16 heavy (non-hydrogen) atoms. The number of hydrogen-bond acceptors (Lipinski definition) is 3. The second-order valence-corrected chi connectivity index (χ2v) is 3.25. The molecule has 1 aromatic rings. The van der Waals surface area contributed by atoms with Crippen LogP contribution in [0.25, 0.3) is 0 Å². The minimum atomic E-state index is -0.807. The molecule has 0 spiro atoms. The molecular weight excluding hydrogens is 204 g/mol. The van der Waals surface area contributed by atoms with Gasteiger partial charge in [0, 0.05) is 0 Å². The van der Waals surface area contributed by atoms with Crippen LogP contribution in [0.5, 0.6) is 0 Å². The molecule has 0 bridgehead atoms. The first-order valence-corrected chi connectivity index (χ1v) is 5.68. The van der Waals surface area contributed by atoms with E-state index in [2.05, 4.69) is 0 Å². The zero-order valence-corrected chi connectivity index (χ0v) is 10.3. The summed E-state index contributed by atoms with van der Waals surface area (Å²) in [5.41, 5.74) is 1.06. The van der Waals surface area contributed by atoms with Crippen molar-refractivity contribution in [3.8, 4) is 0 Å². The third kappa shape index (κ3) is 5.85. The lowest BCUT2D eigenvalue weighted by atomic mass is 10.2. The Kier molecular flexibility index (Phi) is 8.81. The molecule has 0 saturated heterocycles. The molecule has 3 heteroatoms. The topological polar surface area (TPSA) is 49.7 Å². The molecule has 2 unspecified atom stereocenters. The lowest BCUT2D eigenvalue weighted by molar-refractivity contribution is -0.0551. The van der Waals surface area contributed by atoms with Gasteiger partial charge in [0.2, 0.25) is 0 Å². The van der Waals surface area contributed by atoms with Crippen molar-refractivity contribution in [3.63, 3.8) is 0 Å². The monoisotopic (exact) mass is 226 g/mol. The molecule has 1 aromatic carbocycles. The van der Waals surface area contributed by atoms with E-state index in [1.54, 1.807) is 6.92 Å².